The van der Waals surface area contributed by atoms with Crippen LogP contribution in [-0.4, -0.2) is 44.8 Å². The molecule has 0 aliphatic heterocycles. The first kappa shape index (κ1) is 12.5. The molecule has 4 aromatic rings. The Morgan fingerprint density at radius 2 is 1.91 bits per heavy atom. The van der Waals surface area contributed by atoms with Crippen molar-refractivity contribution in [1.82, 2.24) is 44.8 Å². The summed E-state index contributed by atoms with van der Waals surface area (Å²) < 4.78 is 2.95. The maximum absolute atomic E-state index is 4.33. The van der Waals surface area contributed by atoms with Crippen molar-refractivity contribution < 1.29 is 0 Å². The molecule has 22 heavy (non-hydrogen) atoms. The van der Waals surface area contributed by atoms with Gasteiger partial charge in [-0.2, -0.15) is 10.1 Å². The molecule has 108 valence electrons. The number of rotatable bonds is 2. The summed E-state index contributed by atoms with van der Waals surface area (Å²) in [5.41, 5.74) is 2.46. The van der Waals surface area contributed by atoms with E-state index in [2.05, 4.69) is 35.5 Å². The highest BCUT2D eigenvalue weighted by Gasteiger charge is 2.13. The van der Waals surface area contributed by atoms with Gasteiger partial charge in [0.2, 0.25) is 5.82 Å². The smallest absolute Gasteiger partial charge is 0.253 e. The van der Waals surface area contributed by atoms with Gasteiger partial charge in [-0.1, -0.05) is 6.07 Å². The number of nitrogens with zero attached hydrogens (tertiary/aromatic N) is 9. The molecule has 0 N–H and O–H groups in total. The van der Waals surface area contributed by atoms with Crippen molar-refractivity contribution in [3.8, 4) is 17.5 Å². The van der Waals surface area contributed by atoms with Gasteiger partial charge in [-0.3, -0.25) is 4.98 Å². The van der Waals surface area contributed by atoms with Gasteiger partial charge in [-0.05, 0) is 32.0 Å². The molecule has 0 fully saturated rings. The molecule has 0 unspecified atom stereocenters. The lowest BCUT2D eigenvalue weighted by atomic mass is 10.3. The van der Waals surface area contributed by atoms with Crippen molar-refractivity contribution in [2.75, 3.05) is 0 Å². The van der Waals surface area contributed by atoms with Crippen LogP contribution >= 0.6 is 0 Å². The van der Waals surface area contributed by atoms with Crippen LogP contribution in [0.1, 0.15) is 11.4 Å². The van der Waals surface area contributed by atoms with Crippen molar-refractivity contribution in [3.05, 3.63) is 41.9 Å². The van der Waals surface area contributed by atoms with E-state index in [0.717, 1.165) is 11.4 Å². The number of aryl methyl sites for hydroxylation is 2. The van der Waals surface area contributed by atoms with E-state index >= 15 is 0 Å². The van der Waals surface area contributed by atoms with Gasteiger partial charge in [0.05, 0.1) is 5.69 Å². The third-order valence-electron chi connectivity index (χ3n) is 3.08. The predicted octanol–water partition coefficient (Wildman–Crippen LogP) is 0.779. The minimum atomic E-state index is 0.311. The van der Waals surface area contributed by atoms with E-state index in [9.17, 15) is 0 Å². The van der Waals surface area contributed by atoms with Gasteiger partial charge in [0.15, 0.2) is 0 Å². The summed E-state index contributed by atoms with van der Waals surface area (Å²) in [5.74, 6) is 1.11. The highest BCUT2D eigenvalue weighted by atomic mass is 15.6. The van der Waals surface area contributed by atoms with Gasteiger partial charge in [-0.25, -0.2) is 4.68 Å². The Bertz CT molecular complexity index is 954. The number of aromatic nitrogens is 9. The minimum absolute atomic E-state index is 0.311. The van der Waals surface area contributed by atoms with E-state index < -0.39 is 0 Å². The zero-order valence-corrected chi connectivity index (χ0v) is 11.9. The Labute approximate surface area is 124 Å². The lowest BCUT2D eigenvalue weighted by molar-refractivity contribution is 0.666. The summed E-state index contributed by atoms with van der Waals surface area (Å²) in [7, 11) is 0. The standard InChI is InChI=1S/C13H11N9/c1-8-7-9(2)21(18-8)13-17-16-12-15-11(19-22(12)20-13)10-5-3-4-6-14-10/h3-7H,1-2H3. The van der Waals surface area contributed by atoms with Gasteiger partial charge in [0.1, 0.15) is 5.69 Å². The maximum Gasteiger partial charge on any atom is 0.290 e. The van der Waals surface area contributed by atoms with E-state index in [-0.39, 0.29) is 0 Å². The van der Waals surface area contributed by atoms with Gasteiger partial charge in [-0.15, -0.1) is 25.0 Å². The zero-order valence-electron chi connectivity index (χ0n) is 11.9. The van der Waals surface area contributed by atoms with Crippen LogP contribution in [0.5, 0.6) is 0 Å². The van der Waals surface area contributed by atoms with Gasteiger partial charge >= 0.3 is 0 Å². The van der Waals surface area contributed by atoms with Crippen molar-refractivity contribution in [3.63, 3.8) is 0 Å². The second kappa shape index (κ2) is 4.65. The Morgan fingerprint density at radius 3 is 2.64 bits per heavy atom. The van der Waals surface area contributed by atoms with E-state index in [1.165, 1.54) is 4.63 Å². The molecule has 0 aliphatic carbocycles. The first-order chi connectivity index (χ1) is 10.7. The molecule has 0 saturated heterocycles. The third-order valence-corrected chi connectivity index (χ3v) is 3.08. The highest BCUT2D eigenvalue weighted by Crippen LogP contribution is 2.12. The normalized spacial score (nSPS) is 11.2. The molecule has 0 amide bonds. The molecule has 0 saturated carbocycles. The molecule has 4 aromatic heterocycles. The number of pyridine rings is 1. The number of hydrogen-bond donors (Lipinski definition) is 0. The topological polar surface area (TPSA) is 99.6 Å². The van der Waals surface area contributed by atoms with Gasteiger partial charge in [0, 0.05) is 11.9 Å². The quantitative estimate of drug-likeness (QED) is 0.538. The van der Waals surface area contributed by atoms with Gasteiger partial charge in [0.25, 0.3) is 11.7 Å². The van der Waals surface area contributed by atoms with Crippen LogP contribution in [0.4, 0.5) is 0 Å². The number of hydrogen-bond acceptors (Lipinski definition) is 7. The summed E-state index contributed by atoms with van der Waals surface area (Å²) >= 11 is 0. The summed E-state index contributed by atoms with van der Waals surface area (Å²) in [6, 6.07) is 7.46. The lowest BCUT2D eigenvalue weighted by Crippen LogP contribution is -2.10. The molecular weight excluding hydrogens is 282 g/mol. The molecule has 9 heteroatoms. The fourth-order valence-corrected chi connectivity index (χ4v) is 2.14. The zero-order chi connectivity index (χ0) is 15.1. The first-order valence-electron chi connectivity index (χ1n) is 6.63. The molecule has 0 spiro atoms. The lowest BCUT2D eigenvalue weighted by Gasteiger charge is -1.99. The van der Waals surface area contributed by atoms with Crippen LogP contribution in [0.3, 0.4) is 0 Å². The van der Waals surface area contributed by atoms with Crippen LogP contribution in [0, 0.1) is 13.8 Å². The second-order valence-corrected chi connectivity index (χ2v) is 4.78. The van der Waals surface area contributed by atoms with E-state index in [1.807, 2.05) is 38.1 Å². The molecule has 0 aromatic carbocycles. The summed E-state index contributed by atoms with van der Waals surface area (Å²) in [4.78, 5) is 8.48. The Morgan fingerprint density at radius 1 is 1.00 bits per heavy atom. The molecule has 0 atom stereocenters. The van der Waals surface area contributed by atoms with Crippen molar-refractivity contribution in [2.24, 2.45) is 0 Å². The van der Waals surface area contributed by atoms with Crippen LogP contribution in [0.25, 0.3) is 23.2 Å². The van der Waals surface area contributed by atoms with Crippen molar-refractivity contribution >= 4 is 5.78 Å². The first-order valence-corrected chi connectivity index (χ1v) is 6.63. The second-order valence-electron chi connectivity index (χ2n) is 4.78. The SMILES string of the molecule is Cc1cc(C)n(-c2nnc3nc(-c4ccccn4)nn3n2)n1. The van der Waals surface area contributed by atoms with Crippen molar-refractivity contribution in [2.45, 2.75) is 13.8 Å². The average molecular weight is 293 g/mol. The highest BCUT2D eigenvalue weighted by molar-refractivity contribution is 5.50. The van der Waals surface area contributed by atoms with Gasteiger partial charge < -0.3 is 0 Å². The molecule has 0 bridgehead atoms. The number of fused-ring (bicyclic) bond motifs is 1. The van der Waals surface area contributed by atoms with Crippen LogP contribution in [0.15, 0.2) is 30.5 Å². The summed E-state index contributed by atoms with van der Waals surface area (Å²) in [5, 5.41) is 21.0. The fraction of sp³-hybridized carbons (Fsp3) is 0.154. The van der Waals surface area contributed by atoms with Crippen LogP contribution in [0.2, 0.25) is 0 Å². The fourth-order valence-electron chi connectivity index (χ4n) is 2.14. The van der Waals surface area contributed by atoms with E-state index in [4.69, 9.17) is 0 Å². The Balaban J connectivity index is 1.83. The summed E-state index contributed by atoms with van der Waals surface area (Å²) in [6.45, 7) is 3.83. The monoisotopic (exact) mass is 293 g/mol. The Hall–Kier alpha value is -3.23. The van der Waals surface area contributed by atoms with Crippen LogP contribution < -0.4 is 0 Å². The molecule has 0 aliphatic rings. The maximum atomic E-state index is 4.33. The minimum Gasteiger partial charge on any atom is -0.253 e. The molecule has 0 radical (unpaired) electrons. The molecule has 4 rings (SSSR count). The largest absolute Gasteiger partial charge is 0.290 e. The molecule has 9 nitrogen and oxygen atoms in total. The average Bonchev–Trinajstić information content (AvgIpc) is 3.10. The van der Waals surface area contributed by atoms with Crippen LogP contribution in [-0.2, 0) is 0 Å². The van der Waals surface area contributed by atoms with Crippen molar-refractivity contribution in [1.29, 1.82) is 0 Å². The Kier molecular flexibility index (Phi) is 2.65. The molecular formula is C13H11N9. The third kappa shape index (κ3) is 1.99. The summed E-state index contributed by atoms with van der Waals surface area (Å²) in [6.07, 6.45) is 1.68. The molecule has 4 heterocycles. The predicted molar refractivity (Wildman–Crippen MR) is 76.2 cm³/mol. The van der Waals surface area contributed by atoms with E-state index in [0.29, 0.717) is 23.2 Å². The van der Waals surface area contributed by atoms with E-state index in [1.54, 1.807) is 10.9 Å².